The second-order valence-corrected chi connectivity index (χ2v) is 6.25. The summed E-state index contributed by atoms with van der Waals surface area (Å²) < 4.78 is 7.54. The number of amides is 1. The number of carbonyl (C=O) groups is 1. The first-order valence-electron chi connectivity index (χ1n) is 8.69. The van der Waals surface area contributed by atoms with Crippen LogP contribution in [0.25, 0.3) is 11.1 Å². The van der Waals surface area contributed by atoms with Crippen molar-refractivity contribution in [3.05, 3.63) is 65.7 Å². The van der Waals surface area contributed by atoms with E-state index >= 15 is 0 Å². The molecule has 132 valence electrons. The molecule has 3 aromatic rings. The molecule has 1 aliphatic rings. The van der Waals surface area contributed by atoms with Crippen LogP contribution in [0.2, 0.25) is 0 Å². The molecule has 6 heteroatoms. The third-order valence-corrected chi connectivity index (χ3v) is 4.64. The third-order valence-electron chi connectivity index (χ3n) is 4.64. The molecule has 1 aromatic heterocycles. The quantitative estimate of drug-likeness (QED) is 0.770. The van der Waals surface area contributed by atoms with E-state index in [9.17, 15) is 4.79 Å². The molecule has 26 heavy (non-hydrogen) atoms. The Bertz CT molecular complexity index is 934. The van der Waals surface area contributed by atoms with Crippen molar-refractivity contribution in [3.63, 3.8) is 0 Å². The number of benzene rings is 2. The smallest absolute Gasteiger partial charge is 0.251 e. The van der Waals surface area contributed by atoms with E-state index in [4.69, 9.17) is 4.74 Å². The van der Waals surface area contributed by atoms with E-state index in [0.29, 0.717) is 12.1 Å². The number of nitrogens with zero attached hydrogens (tertiary/aromatic N) is 3. The van der Waals surface area contributed by atoms with Gasteiger partial charge in [-0.25, -0.2) is 0 Å². The van der Waals surface area contributed by atoms with Crippen molar-refractivity contribution in [3.8, 4) is 16.9 Å². The number of rotatable bonds is 5. The Morgan fingerprint density at radius 3 is 2.85 bits per heavy atom. The molecule has 0 radical (unpaired) electrons. The minimum atomic E-state index is -0.139. The Labute approximate surface area is 151 Å². The van der Waals surface area contributed by atoms with Crippen LogP contribution in [0.4, 0.5) is 0 Å². The fraction of sp³-hybridized carbons (Fsp3) is 0.250. The van der Waals surface area contributed by atoms with Gasteiger partial charge in [0, 0.05) is 24.1 Å². The highest BCUT2D eigenvalue weighted by Gasteiger charge is 2.18. The first-order valence-corrected chi connectivity index (χ1v) is 8.69. The molecule has 0 spiro atoms. The molecule has 0 atom stereocenters. The number of carbonyl (C=O) groups excluding carboxylic acids is 1. The Balaban J connectivity index is 1.54. The number of hydrogen-bond acceptors (Lipinski definition) is 4. The molecule has 2 aromatic carbocycles. The third kappa shape index (κ3) is 3.06. The zero-order chi connectivity index (χ0) is 17.9. The SMILES string of the molecule is COc1ccc(C(=O)NCc2nnc3n2CCC3)cc1-c1ccccc1. The van der Waals surface area contributed by atoms with Gasteiger partial charge >= 0.3 is 0 Å². The van der Waals surface area contributed by atoms with Crippen LogP contribution >= 0.6 is 0 Å². The second-order valence-electron chi connectivity index (χ2n) is 6.25. The van der Waals surface area contributed by atoms with Gasteiger partial charge in [-0.1, -0.05) is 30.3 Å². The summed E-state index contributed by atoms with van der Waals surface area (Å²) in [5.41, 5.74) is 2.49. The maximum atomic E-state index is 12.6. The van der Waals surface area contributed by atoms with E-state index in [1.165, 1.54) is 0 Å². The van der Waals surface area contributed by atoms with E-state index < -0.39 is 0 Å². The molecule has 6 nitrogen and oxygen atoms in total. The van der Waals surface area contributed by atoms with E-state index in [1.54, 1.807) is 13.2 Å². The molecule has 0 unspecified atom stereocenters. The number of methoxy groups -OCH3 is 1. The van der Waals surface area contributed by atoms with Crippen molar-refractivity contribution in [2.75, 3.05) is 7.11 Å². The van der Waals surface area contributed by atoms with Crippen molar-refractivity contribution < 1.29 is 9.53 Å². The average molecular weight is 348 g/mol. The van der Waals surface area contributed by atoms with Crippen molar-refractivity contribution in [1.82, 2.24) is 20.1 Å². The van der Waals surface area contributed by atoms with E-state index in [2.05, 4.69) is 20.1 Å². The number of ether oxygens (including phenoxy) is 1. The minimum absolute atomic E-state index is 0.139. The lowest BCUT2D eigenvalue weighted by Gasteiger charge is -2.11. The van der Waals surface area contributed by atoms with Crippen molar-refractivity contribution in [2.45, 2.75) is 25.9 Å². The van der Waals surface area contributed by atoms with Gasteiger partial charge in [0.2, 0.25) is 0 Å². The molecule has 1 N–H and O–H groups in total. The number of fused-ring (bicyclic) bond motifs is 1. The summed E-state index contributed by atoms with van der Waals surface area (Å²) in [4.78, 5) is 12.6. The van der Waals surface area contributed by atoms with Gasteiger partial charge in [0.1, 0.15) is 11.6 Å². The fourth-order valence-corrected chi connectivity index (χ4v) is 3.30. The monoisotopic (exact) mass is 348 g/mol. The van der Waals surface area contributed by atoms with Gasteiger partial charge in [-0.2, -0.15) is 0 Å². The summed E-state index contributed by atoms with van der Waals surface area (Å²) in [5.74, 6) is 2.41. The standard InChI is InChI=1S/C20H20N4O2/c1-26-17-10-9-15(12-16(17)14-6-3-2-4-7-14)20(25)21-13-19-23-22-18-8-5-11-24(18)19/h2-4,6-7,9-10,12H,5,8,11,13H2,1H3,(H,21,25). The van der Waals surface area contributed by atoms with Gasteiger partial charge < -0.3 is 14.6 Å². The van der Waals surface area contributed by atoms with Crippen molar-refractivity contribution >= 4 is 5.91 Å². The lowest BCUT2D eigenvalue weighted by molar-refractivity contribution is 0.0949. The topological polar surface area (TPSA) is 69.0 Å². The lowest BCUT2D eigenvalue weighted by atomic mass is 10.0. The molecule has 1 amide bonds. The highest BCUT2D eigenvalue weighted by Crippen LogP contribution is 2.30. The average Bonchev–Trinajstić information content (AvgIpc) is 3.30. The molecule has 4 rings (SSSR count). The molecule has 0 saturated heterocycles. The fourth-order valence-electron chi connectivity index (χ4n) is 3.30. The summed E-state index contributed by atoms with van der Waals surface area (Å²) >= 11 is 0. The summed E-state index contributed by atoms with van der Waals surface area (Å²) in [6, 6.07) is 15.3. The molecule has 0 saturated carbocycles. The first kappa shape index (κ1) is 16.3. The zero-order valence-corrected chi connectivity index (χ0v) is 14.6. The van der Waals surface area contributed by atoms with E-state index in [-0.39, 0.29) is 5.91 Å². The number of aromatic nitrogens is 3. The molecule has 0 fully saturated rings. The zero-order valence-electron chi connectivity index (χ0n) is 14.6. The van der Waals surface area contributed by atoms with Crippen LogP contribution in [0, 0.1) is 0 Å². The van der Waals surface area contributed by atoms with Gasteiger partial charge in [-0.05, 0) is 30.2 Å². The van der Waals surface area contributed by atoms with Crippen LogP contribution < -0.4 is 10.1 Å². The molecule has 0 bridgehead atoms. The normalized spacial score (nSPS) is 12.7. The Hall–Kier alpha value is -3.15. The van der Waals surface area contributed by atoms with Crippen LogP contribution in [0.3, 0.4) is 0 Å². The Kier molecular flexibility index (Phi) is 4.39. The molecule has 2 heterocycles. The molecule has 0 aliphatic carbocycles. The van der Waals surface area contributed by atoms with Crippen molar-refractivity contribution in [2.24, 2.45) is 0 Å². The van der Waals surface area contributed by atoms with E-state index in [0.717, 1.165) is 47.9 Å². The van der Waals surface area contributed by atoms with Gasteiger partial charge in [0.05, 0.1) is 13.7 Å². The number of aryl methyl sites for hydroxylation is 1. The molecular formula is C20H20N4O2. The van der Waals surface area contributed by atoms with Gasteiger partial charge in [-0.3, -0.25) is 4.79 Å². The highest BCUT2D eigenvalue weighted by molar-refractivity contribution is 5.96. The van der Waals surface area contributed by atoms with E-state index in [1.807, 2.05) is 42.5 Å². The number of hydrogen-bond donors (Lipinski definition) is 1. The van der Waals surface area contributed by atoms with Crippen LogP contribution in [0.15, 0.2) is 48.5 Å². The minimum Gasteiger partial charge on any atom is -0.496 e. The maximum absolute atomic E-state index is 12.6. The second kappa shape index (κ2) is 7.00. The summed E-state index contributed by atoms with van der Waals surface area (Å²) in [6.07, 6.45) is 2.05. The van der Waals surface area contributed by atoms with Crippen LogP contribution in [-0.4, -0.2) is 27.8 Å². The Morgan fingerprint density at radius 2 is 2.04 bits per heavy atom. The van der Waals surface area contributed by atoms with Crippen molar-refractivity contribution in [1.29, 1.82) is 0 Å². The van der Waals surface area contributed by atoms with Crippen LogP contribution in [-0.2, 0) is 19.5 Å². The van der Waals surface area contributed by atoms with Crippen LogP contribution in [0.1, 0.15) is 28.4 Å². The predicted octanol–water partition coefficient (Wildman–Crippen LogP) is 2.83. The highest BCUT2D eigenvalue weighted by atomic mass is 16.5. The lowest BCUT2D eigenvalue weighted by Crippen LogP contribution is -2.24. The van der Waals surface area contributed by atoms with Gasteiger partial charge in [0.15, 0.2) is 5.82 Å². The van der Waals surface area contributed by atoms with Gasteiger partial charge in [0.25, 0.3) is 5.91 Å². The van der Waals surface area contributed by atoms with Crippen LogP contribution in [0.5, 0.6) is 5.75 Å². The summed E-state index contributed by atoms with van der Waals surface area (Å²) in [6.45, 7) is 1.30. The summed E-state index contributed by atoms with van der Waals surface area (Å²) in [7, 11) is 1.63. The number of nitrogens with one attached hydrogen (secondary N) is 1. The predicted molar refractivity (Wildman–Crippen MR) is 97.9 cm³/mol. The first-order chi connectivity index (χ1) is 12.8. The molecular weight excluding hydrogens is 328 g/mol. The Morgan fingerprint density at radius 1 is 1.19 bits per heavy atom. The summed E-state index contributed by atoms with van der Waals surface area (Å²) in [5, 5.41) is 11.3. The maximum Gasteiger partial charge on any atom is 0.251 e. The van der Waals surface area contributed by atoms with Gasteiger partial charge in [-0.15, -0.1) is 10.2 Å². The largest absolute Gasteiger partial charge is 0.496 e. The molecule has 1 aliphatic heterocycles.